The molecule has 4 rings (SSSR count). The van der Waals surface area contributed by atoms with Gasteiger partial charge in [0.05, 0.1) is 11.7 Å². The minimum Gasteiger partial charge on any atom is -0.352 e. The number of amides is 1. The molecule has 1 aromatic heterocycles. The Morgan fingerprint density at radius 2 is 1.18 bits per heavy atom. The minimum atomic E-state index is -1.74. The lowest BCUT2D eigenvalue weighted by Crippen LogP contribution is -2.33. The largest absolute Gasteiger partial charge is 0.352 e. The first kappa shape index (κ1) is 23.9. The maximum atomic E-state index is 12.2. The van der Waals surface area contributed by atoms with Gasteiger partial charge in [-0.05, 0) is 67.8 Å². The fourth-order valence-electron chi connectivity index (χ4n) is 4.51. The molecule has 0 unspecified atom stereocenters. The van der Waals surface area contributed by atoms with Crippen molar-refractivity contribution >= 4 is 29.1 Å². The third-order valence-corrected chi connectivity index (χ3v) is 10.7. The standard InChI is InChI=1S/C30H31N2OP/c33-30(26-15-14-22-31-25-26)32-23-12-1-2-13-24-34(27-16-6-3-7-17-27,28-18-8-4-9-19-28)29-20-10-5-11-21-29/h3-11,14-22,25H,1-2,12-13,23-24H2/p+1. The van der Waals surface area contributed by atoms with E-state index in [9.17, 15) is 4.79 Å². The molecule has 1 N–H and O–H groups in total. The Hall–Kier alpha value is -3.29. The van der Waals surface area contributed by atoms with Crippen LogP contribution in [0.25, 0.3) is 0 Å². The number of hydrogen-bond donors (Lipinski definition) is 1. The van der Waals surface area contributed by atoms with Crippen LogP contribution in [0.4, 0.5) is 0 Å². The summed E-state index contributed by atoms with van der Waals surface area (Å²) < 4.78 is 0. The van der Waals surface area contributed by atoms with Crippen LogP contribution in [0.2, 0.25) is 0 Å². The number of rotatable bonds is 11. The molecule has 0 aliphatic rings. The number of carbonyl (C=O) groups excluding carboxylic acids is 1. The van der Waals surface area contributed by atoms with Crippen LogP contribution in [0.15, 0.2) is 116 Å². The maximum Gasteiger partial charge on any atom is 0.252 e. The van der Waals surface area contributed by atoms with Gasteiger partial charge >= 0.3 is 0 Å². The Morgan fingerprint density at radius 3 is 1.68 bits per heavy atom. The maximum absolute atomic E-state index is 12.2. The topological polar surface area (TPSA) is 42.0 Å². The Morgan fingerprint density at radius 1 is 0.647 bits per heavy atom. The Labute approximate surface area is 203 Å². The van der Waals surface area contributed by atoms with E-state index in [1.807, 2.05) is 0 Å². The molecular weight excluding hydrogens is 435 g/mol. The quantitative estimate of drug-likeness (QED) is 0.238. The van der Waals surface area contributed by atoms with Crippen molar-refractivity contribution in [2.45, 2.75) is 25.7 Å². The molecule has 3 aromatic carbocycles. The zero-order valence-corrected chi connectivity index (χ0v) is 20.4. The molecule has 3 nitrogen and oxygen atoms in total. The molecule has 0 fully saturated rings. The highest BCUT2D eigenvalue weighted by atomic mass is 31.2. The van der Waals surface area contributed by atoms with E-state index in [-0.39, 0.29) is 5.91 Å². The first-order chi connectivity index (χ1) is 16.8. The summed E-state index contributed by atoms with van der Waals surface area (Å²) in [5.41, 5.74) is 0.616. The van der Waals surface area contributed by atoms with Crippen LogP contribution >= 0.6 is 7.26 Å². The molecule has 1 heterocycles. The smallest absolute Gasteiger partial charge is 0.252 e. The van der Waals surface area contributed by atoms with Gasteiger partial charge in [0.15, 0.2) is 0 Å². The summed E-state index contributed by atoms with van der Waals surface area (Å²) in [5.74, 6) is -0.0460. The van der Waals surface area contributed by atoms with Gasteiger partial charge in [-0.25, -0.2) is 0 Å². The first-order valence-electron chi connectivity index (χ1n) is 12.0. The summed E-state index contributed by atoms with van der Waals surface area (Å²) in [6.07, 6.45) is 8.83. The van der Waals surface area contributed by atoms with Gasteiger partial charge in [-0.1, -0.05) is 61.0 Å². The second kappa shape index (κ2) is 12.3. The van der Waals surface area contributed by atoms with Crippen LogP contribution < -0.4 is 21.2 Å². The van der Waals surface area contributed by atoms with E-state index in [1.165, 1.54) is 15.9 Å². The molecule has 1 amide bonds. The normalized spacial score (nSPS) is 11.2. The average molecular weight is 468 g/mol. The molecule has 0 aliphatic heterocycles. The molecule has 0 saturated carbocycles. The molecule has 172 valence electrons. The van der Waals surface area contributed by atoms with Crippen LogP contribution in [-0.2, 0) is 0 Å². The molecule has 0 radical (unpaired) electrons. The van der Waals surface area contributed by atoms with E-state index in [1.54, 1.807) is 24.5 Å². The first-order valence-corrected chi connectivity index (χ1v) is 14.0. The fourth-order valence-corrected chi connectivity index (χ4v) is 8.92. The molecule has 0 bridgehead atoms. The Bertz CT molecular complexity index is 1040. The van der Waals surface area contributed by atoms with E-state index in [0.717, 1.165) is 31.8 Å². The van der Waals surface area contributed by atoms with Crippen LogP contribution in [0.5, 0.6) is 0 Å². The lowest BCUT2D eigenvalue weighted by molar-refractivity contribution is 0.0952. The molecule has 0 aliphatic carbocycles. The van der Waals surface area contributed by atoms with E-state index < -0.39 is 7.26 Å². The van der Waals surface area contributed by atoms with Crippen molar-refractivity contribution in [1.29, 1.82) is 0 Å². The lowest BCUT2D eigenvalue weighted by atomic mass is 10.2. The third kappa shape index (κ3) is 5.79. The highest BCUT2D eigenvalue weighted by Gasteiger charge is 2.44. The Balaban J connectivity index is 1.42. The fraction of sp³-hybridized carbons (Fsp3) is 0.200. The second-order valence-corrected chi connectivity index (χ2v) is 12.1. The van der Waals surface area contributed by atoms with Gasteiger partial charge in [0.25, 0.3) is 5.91 Å². The number of nitrogens with zero attached hydrogens (tertiary/aromatic N) is 1. The lowest BCUT2D eigenvalue weighted by Gasteiger charge is -2.27. The highest BCUT2D eigenvalue weighted by Crippen LogP contribution is 2.55. The van der Waals surface area contributed by atoms with Crippen molar-refractivity contribution in [2.24, 2.45) is 0 Å². The van der Waals surface area contributed by atoms with Crippen molar-refractivity contribution in [1.82, 2.24) is 10.3 Å². The van der Waals surface area contributed by atoms with Crippen molar-refractivity contribution in [3.05, 3.63) is 121 Å². The van der Waals surface area contributed by atoms with Gasteiger partial charge in [-0.15, -0.1) is 0 Å². The molecular formula is C30H32N2OP+. The van der Waals surface area contributed by atoms with E-state index in [0.29, 0.717) is 12.1 Å². The Kier molecular flexibility index (Phi) is 8.60. The molecule has 0 spiro atoms. The van der Waals surface area contributed by atoms with Crippen LogP contribution in [0.3, 0.4) is 0 Å². The van der Waals surface area contributed by atoms with Gasteiger partial charge in [0.1, 0.15) is 23.2 Å². The van der Waals surface area contributed by atoms with Crippen molar-refractivity contribution in [3.8, 4) is 0 Å². The summed E-state index contributed by atoms with van der Waals surface area (Å²) in [5, 5.41) is 7.33. The van der Waals surface area contributed by atoms with Gasteiger partial charge in [0, 0.05) is 18.9 Å². The number of benzene rings is 3. The van der Waals surface area contributed by atoms with E-state index in [2.05, 4.69) is 101 Å². The number of unbranched alkanes of at least 4 members (excludes halogenated alkanes) is 3. The van der Waals surface area contributed by atoms with Crippen LogP contribution in [-0.4, -0.2) is 23.6 Å². The highest BCUT2D eigenvalue weighted by molar-refractivity contribution is 7.95. The third-order valence-electron chi connectivity index (χ3n) is 6.22. The van der Waals surface area contributed by atoms with Crippen molar-refractivity contribution < 1.29 is 4.79 Å². The summed E-state index contributed by atoms with van der Waals surface area (Å²) in [6.45, 7) is 0.698. The summed E-state index contributed by atoms with van der Waals surface area (Å²) >= 11 is 0. The molecule has 0 atom stereocenters. The van der Waals surface area contributed by atoms with Crippen LogP contribution in [0.1, 0.15) is 36.0 Å². The van der Waals surface area contributed by atoms with Gasteiger partial charge in [-0.2, -0.15) is 0 Å². The molecule has 34 heavy (non-hydrogen) atoms. The number of nitrogens with one attached hydrogen (secondary N) is 1. The molecule has 4 aromatic rings. The number of hydrogen-bond acceptors (Lipinski definition) is 2. The van der Waals surface area contributed by atoms with Gasteiger partial charge in [-0.3, -0.25) is 9.78 Å². The average Bonchev–Trinajstić information content (AvgIpc) is 2.92. The zero-order chi connectivity index (χ0) is 23.5. The SMILES string of the molecule is O=C(NCCCCCC[P+](c1ccccc1)(c1ccccc1)c1ccccc1)c1cccnc1. The zero-order valence-electron chi connectivity index (χ0n) is 19.5. The van der Waals surface area contributed by atoms with Crippen molar-refractivity contribution in [3.63, 3.8) is 0 Å². The van der Waals surface area contributed by atoms with Crippen molar-refractivity contribution in [2.75, 3.05) is 12.7 Å². The van der Waals surface area contributed by atoms with E-state index >= 15 is 0 Å². The summed E-state index contributed by atoms with van der Waals surface area (Å²) in [4.78, 5) is 16.2. The number of pyridine rings is 1. The van der Waals surface area contributed by atoms with Gasteiger partial charge in [0.2, 0.25) is 0 Å². The predicted molar refractivity (Wildman–Crippen MR) is 145 cm³/mol. The number of carbonyl (C=O) groups is 1. The summed E-state index contributed by atoms with van der Waals surface area (Å²) in [6, 6.07) is 36.7. The van der Waals surface area contributed by atoms with Gasteiger partial charge < -0.3 is 5.32 Å². The summed E-state index contributed by atoms with van der Waals surface area (Å²) in [7, 11) is -1.74. The molecule has 4 heteroatoms. The van der Waals surface area contributed by atoms with E-state index in [4.69, 9.17) is 0 Å². The minimum absolute atomic E-state index is 0.0460. The monoisotopic (exact) mass is 467 g/mol. The van der Waals surface area contributed by atoms with Crippen LogP contribution in [0, 0.1) is 0 Å². The molecule has 0 saturated heterocycles. The second-order valence-electron chi connectivity index (χ2n) is 8.45. The predicted octanol–water partition coefficient (Wildman–Crippen LogP) is 5.37. The number of aromatic nitrogens is 1.